The highest BCUT2D eigenvalue weighted by atomic mass is 16.5. The number of amides is 1. The first kappa shape index (κ1) is 24.4. The van der Waals surface area contributed by atoms with Gasteiger partial charge in [-0.2, -0.15) is 10.4 Å². The molecule has 0 fully saturated rings. The monoisotopic (exact) mass is 487 g/mol. The van der Waals surface area contributed by atoms with Crippen molar-refractivity contribution in [2.45, 2.75) is 39.2 Å². The predicted octanol–water partition coefficient (Wildman–Crippen LogP) is 3.06. The molecule has 0 saturated heterocycles. The van der Waals surface area contributed by atoms with Crippen LogP contribution in [-0.4, -0.2) is 35.5 Å². The first-order chi connectivity index (χ1) is 17.3. The van der Waals surface area contributed by atoms with E-state index in [1.807, 2.05) is 37.6 Å². The normalized spacial score (nSPS) is 12.6. The number of aromatic nitrogens is 5. The number of hydrogen-bond donors (Lipinski definition) is 2. The summed E-state index contributed by atoms with van der Waals surface area (Å²) >= 11 is 0. The van der Waals surface area contributed by atoms with Gasteiger partial charge in [0.05, 0.1) is 24.0 Å². The van der Waals surface area contributed by atoms with Crippen LogP contribution in [0.4, 0.5) is 5.69 Å². The van der Waals surface area contributed by atoms with Gasteiger partial charge in [0.2, 0.25) is 5.75 Å². The topological polar surface area (TPSA) is 152 Å². The molecule has 0 aliphatic carbocycles. The third-order valence-corrected chi connectivity index (χ3v) is 6.31. The van der Waals surface area contributed by atoms with Gasteiger partial charge in [-0.05, 0) is 25.5 Å². The molecule has 4 rings (SSSR count). The maximum atomic E-state index is 13.0. The van der Waals surface area contributed by atoms with Gasteiger partial charge >= 0.3 is 0 Å². The highest BCUT2D eigenvalue weighted by molar-refractivity contribution is 6.04. The van der Waals surface area contributed by atoms with E-state index in [-0.39, 0.29) is 11.5 Å². The van der Waals surface area contributed by atoms with E-state index in [4.69, 9.17) is 4.52 Å². The molecular weight excluding hydrogens is 462 g/mol. The zero-order chi connectivity index (χ0) is 26.0. The van der Waals surface area contributed by atoms with E-state index in [9.17, 15) is 20.0 Å². The molecule has 4 aromatic rings. The SMILES string of the molecule is CCn1ncc([C@H](c2ccccc2C#N)[C@@H](C)c2nc(C(=O)Nc3cnoc3)c(O)c(=O)n2C)c1C. The van der Waals surface area contributed by atoms with Gasteiger partial charge in [0.15, 0.2) is 5.69 Å². The molecule has 0 radical (unpaired) electrons. The predicted molar refractivity (Wildman–Crippen MR) is 130 cm³/mol. The van der Waals surface area contributed by atoms with E-state index in [2.05, 4.69) is 26.6 Å². The van der Waals surface area contributed by atoms with Crippen LogP contribution in [0.3, 0.4) is 0 Å². The number of carbonyl (C=O) groups excluding carboxylic acids is 1. The number of carbonyl (C=O) groups is 1. The van der Waals surface area contributed by atoms with Crippen molar-refractivity contribution in [3.8, 4) is 11.8 Å². The highest BCUT2D eigenvalue weighted by Gasteiger charge is 2.32. The van der Waals surface area contributed by atoms with Gasteiger partial charge in [-0.1, -0.05) is 30.3 Å². The second kappa shape index (κ2) is 9.87. The molecule has 2 N–H and O–H groups in total. The van der Waals surface area contributed by atoms with Gasteiger partial charge in [0.1, 0.15) is 17.8 Å². The van der Waals surface area contributed by atoms with E-state index >= 15 is 0 Å². The average molecular weight is 488 g/mol. The lowest BCUT2D eigenvalue weighted by molar-refractivity contribution is 0.101. The molecule has 0 saturated carbocycles. The van der Waals surface area contributed by atoms with Crippen LogP contribution in [0.1, 0.15) is 64.4 Å². The van der Waals surface area contributed by atoms with Crippen LogP contribution >= 0.6 is 0 Å². The Bertz CT molecular complexity index is 1510. The minimum Gasteiger partial charge on any atom is -0.501 e. The van der Waals surface area contributed by atoms with Crippen LogP contribution in [-0.2, 0) is 13.6 Å². The lowest BCUT2D eigenvalue weighted by Crippen LogP contribution is -2.29. The molecular formula is C25H25N7O4. The number of nitrogens with zero attached hydrogens (tertiary/aromatic N) is 6. The van der Waals surface area contributed by atoms with Crippen LogP contribution in [0, 0.1) is 18.3 Å². The van der Waals surface area contributed by atoms with Crippen LogP contribution in [0.25, 0.3) is 0 Å². The summed E-state index contributed by atoms with van der Waals surface area (Å²) in [7, 11) is 1.48. The van der Waals surface area contributed by atoms with Gasteiger partial charge in [-0.15, -0.1) is 0 Å². The van der Waals surface area contributed by atoms with E-state index in [1.54, 1.807) is 18.3 Å². The summed E-state index contributed by atoms with van der Waals surface area (Å²) in [6, 6.07) is 9.47. The number of aryl methyl sites for hydroxylation is 1. The molecule has 2 atom stereocenters. The lowest BCUT2D eigenvalue weighted by Gasteiger charge is -2.27. The third kappa shape index (κ3) is 4.24. The van der Waals surface area contributed by atoms with Gasteiger partial charge in [-0.3, -0.25) is 18.8 Å². The summed E-state index contributed by atoms with van der Waals surface area (Å²) in [5.41, 5.74) is 2.06. The largest absolute Gasteiger partial charge is 0.501 e. The maximum absolute atomic E-state index is 13.0. The van der Waals surface area contributed by atoms with Crippen LogP contribution in [0.2, 0.25) is 0 Å². The number of hydrogen-bond acceptors (Lipinski definition) is 8. The summed E-state index contributed by atoms with van der Waals surface area (Å²) < 4.78 is 7.78. The van der Waals surface area contributed by atoms with Crippen LogP contribution < -0.4 is 10.9 Å². The Hall–Kier alpha value is -4.72. The fourth-order valence-electron chi connectivity index (χ4n) is 4.44. The molecule has 184 valence electrons. The van der Waals surface area contributed by atoms with Gasteiger partial charge in [0, 0.05) is 36.7 Å². The first-order valence-electron chi connectivity index (χ1n) is 11.3. The smallest absolute Gasteiger partial charge is 0.296 e. The summed E-state index contributed by atoms with van der Waals surface area (Å²) in [5, 5.41) is 30.8. The summed E-state index contributed by atoms with van der Waals surface area (Å²) in [6.07, 6.45) is 4.25. The molecule has 0 spiro atoms. The molecule has 3 aromatic heterocycles. The van der Waals surface area contributed by atoms with Crippen molar-refractivity contribution in [3.63, 3.8) is 0 Å². The third-order valence-electron chi connectivity index (χ3n) is 6.31. The lowest BCUT2D eigenvalue weighted by atomic mass is 9.79. The molecule has 0 aliphatic rings. The van der Waals surface area contributed by atoms with Crippen molar-refractivity contribution >= 4 is 11.6 Å². The van der Waals surface area contributed by atoms with Crippen LogP contribution in [0.15, 0.2) is 52.2 Å². The minimum atomic E-state index is -0.786. The fourth-order valence-corrected chi connectivity index (χ4v) is 4.44. The highest BCUT2D eigenvalue weighted by Crippen LogP contribution is 2.40. The standard InChI is InChI=1S/C25H25N7O4/c1-5-32-15(3)19(12-27-32)20(18-9-7-6-8-16(18)10-26)14(2)23-30-21(22(33)25(35)31(23)4)24(34)29-17-11-28-36-13-17/h6-9,11-14,20,33H,5H2,1-4H3,(H,29,34)/t14-,20+/m1/s1. The molecule has 36 heavy (non-hydrogen) atoms. The van der Waals surface area contributed by atoms with Crippen molar-refractivity contribution in [2.75, 3.05) is 5.32 Å². The maximum Gasteiger partial charge on any atom is 0.296 e. The van der Waals surface area contributed by atoms with E-state index in [0.717, 1.165) is 16.8 Å². The molecule has 0 unspecified atom stereocenters. The summed E-state index contributed by atoms with van der Waals surface area (Å²) in [4.78, 5) is 30.3. The Labute approximate surface area is 206 Å². The van der Waals surface area contributed by atoms with Crippen molar-refractivity contribution in [1.82, 2.24) is 24.5 Å². The quantitative estimate of drug-likeness (QED) is 0.403. The number of benzene rings is 1. The Morgan fingerprint density at radius 2 is 2.03 bits per heavy atom. The first-order valence-corrected chi connectivity index (χ1v) is 11.3. The molecule has 0 aliphatic heterocycles. The van der Waals surface area contributed by atoms with E-state index in [0.29, 0.717) is 12.1 Å². The van der Waals surface area contributed by atoms with E-state index in [1.165, 1.54) is 24.1 Å². The number of nitriles is 1. The Morgan fingerprint density at radius 3 is 2.67 bits per heavy atom. The van der Waals surface area contributed by atoms with Gasteiger partial charge in [-0.25, -0.2) is 4.98 Å². The second-order valence-corrected chi connectivity index (χ2v) is 8.37. The number of rotatable bonds is 7. The molecule has 0 bridgehead atoms. The molecule has 1 amide bonds. The van der Waals surface area contributed by atoms with Crippen molar-refractivity contribution in [3.05, 3.63) is 87.2 Å². The Morgan fingerprint density at radius 1 is 1.28 bits per heavy atom. The zero-order valence-corrected chi connectivity index (χ0v) is 20.3. The molecule has 3 heterocycles. The molecule has 1 aromatic carbocycles. The summed E-state index contributed by atoms with van der Waals surface area (Å²) in [6.45, 7) is 6.46. The number of aromatic hydroxyl groups is 1. The average Bonchev–Trinajstić information content (AvgIpc) is 3.52. The van der Waals surface area contributed by atoms with Crippen molar-refractivity contribution < 1.29 is 14.4 Å². The number of anilines is 1. The second-order valence-electron chi connectivity index (χ2n) is 8.37. The van der Waals surface area contributed by atoms with Gasteiger partial charge in [0.25, 0.3) is 11.5 Å². The fraction of sp³-hybridized carbons (Fsp3) is 0.280. The van der Waals surface area contributed by atoms with Crippen molar-refractivity contribution in [2.24, 2.45) is 7.05 Å². The minimum absolute atomic E-state index is 0.250. The van der Waals surface area contributed by atoms with Gasteiger partial charge < -0.3 is 14.9 Å². The number of nitrogens with one attached hydrogen (secondary N) is 1. The molecule has 11 nitrogen and oxygen atoms in total. The van der Waals surface area contributed by atoms with Crippen LogP contribution in [0.5, 0.6) is 5.75 Å². The Kier molecular flexibility index (Phi) is 6.69. The van der Waals surface area contributed by atoms with Crippen molar-refractivity contribution in [1.29, 1.82) is 5.26 Å². The molecule has 11 heteroatoms. The zero-order valence-electron chi connectivity index (χ0n) is 20.3. The Balaban J connectivity index is 1.89. The van der Waals surface area contributed by atoms with E-state index < -0.39 is 34.7 Å². The summed E-state index contributed by atoms with van der Waals surface area (Å²) in [5.74, 6) is -2.21.